The van der Waals surface area contributed by atoms with Gasteiger partial charge in [-0.05, 0) is 12.1 Å². The van der Waals surface area contributed by atoms with E-state index in [0.29, 0.717) is 16.7 Å². The number of para-hydroxylation sites is 1. The molecule has 6 nitrogen and oxygen atoms in total. The second-order valence-corrected chi connectivity index (χ2v) is 7.99. The molecule has 3 aromatic rings. The van der Waals surface area contributed by atoms with Crippen LogP contribution in [0.15, 0.2) is 65.8 Å². The maximum absolute atomic E-state index is 12.0. The van der Waals surface area contributed by atoms with Gasteiger partial charge >= 0.3 is 10.1 Å². The van der Waals surface area contributed by atoms with Crippen molar-refractivity contribution in [3.05, 3.63) is 60.7 Å². The molecular formula is C17H17N3O3S2. The van der Waals surface area contributed by atoms with Crippen LogP contribution in [-0.4, -0.2) is 34.7 Å². The average Bonchev–Trinajstić information content (AvgIpc) is 2.97. The molecular weight excluding hydrogens is 358 g/mol. The molecule has 0 saturated carbocycles. The zero-order valence-electron chi connectivity index (χ0n) is 13.6. The van der Waals surface area contributed by atoms with Gasteiger partial charge in [0.05, 0.1) is 5.75 Å². The standard InChI is InChI=1S/C17H17N3O3S2/c1-20-16(14-8-4-2-5-9-14)18-19-17(20)24-12-13-25(21,22)23-15-10-6-3-7-11-15/h2-11H,12-13H2,1H3. The summed E-state index contributed by atoms with van der Waals surface area (Å²) in [5.41, 5.74) is 0.962. The van der Waals surface area contributed by atoms with Crippen LogP contribution in [0.3, 0.4) is 0 Å². The van der Waals surface area contributed by atoms with Crippen molar-refractivity contribution in [1.29, 1.82) is 0 Å². The first-order valence-electron chi connectivity index (χ1n) is 7.60. The smallest absolute Gasteiger partial charge is 0.310 e. The highest BCUT2D eigenvalue weighted by atomic mass is 32.2. The van der Waals surface area contributed by atoms with Gasteiger partial charge in [0.15, 0.2) is 11.0 Å². The molecule has 0 amide bonds. The molecule has 25 heavy (non-hydrogen) atoms. The van der Waals surface area contributed by atoms with Crippen molar-refractivity contribution in [2.75, 3.05) is 11.5 Å². The van der Waals surface area contributed by atoms with E-state index >= 15 is 0 Å². The highest BCUT2D eigenvalue weighted by Crippen LogP contribution is 2.22. The third-order valence-corrected chi connectivity index (χ3v) is 5.83. The summed E-state index contributed by atoms with van der Waals surface area (Å²) in [6.45, 7) is 0. The van der Waals surface area contributed by atoms with E-state index in [1.807, 2.05) is 41.9 Å². The second kappa shape index (κ2) is 7.71. The SMILES string of the molecule is Cn1c(SCCS(=O)(=O)Oc2ccccc2)nnc1-c1ccccc1. The van der Waals surface area contributed by atoms with Gasteiger partial charge in [-0.3, -0.25) is 0 Å². The number of hydrogen-bond acceptors (Lipinski definition) is 6. The van der Waals surface area contributed by atoms with E-state index in [-0.39, 0.29) is 5.75 Å². The molecule has 0 atom stereocenters. The molecule has 130 valence electrons. The lowest BCUT2D eigenvalue weighted by Crippen LogP contribution is -2.15. The lowest BCUT2D eigenvalue weighted by molar-refractivity contribution is 0.488. The van der Waals surface area contributed by atoms with Crippen LogP contribution in [-0.2, 0) is 17.2 Å². The summed E-state index contributed by atoms with van der Waals surface area (Å²) in [5, 5.41) is 8.98. The molecule has 0 aliphatic rings. The molecule has 1 heterocycles. The summed E-state index contributed by atoms with van der Waals surface area (Å²) in [5.74, 6) is 1.28. The van der Waals surface area contributed by atoms with E-state index in [0.717, 1.165) is 11.4 Å². The first-order valence-corrected chi connectivity index (χ1v) is 10.2. The highest BCUT2D eigenvalue weighted by molar-refractivity contribution is 8.00. The van der Waals surface area contributed by atoms with E-state index < -0.39 is 10.1 Å². The van der Waals surface area contributed by atoms with Crippen LogP contribution in [0, 0.1) is 0 Å². The zero-order chi connectivity index (χ0) is 17.7. The fourth-order valence-corrected chi connectivity index (χ4v) is 4.38. The van der Waals surface area contributed by atoms with Crippen molar-refractivity contribution in [3.8, 4) is 17.1 Å². The van der Waals surface area contributed by atoms with Gasteiger partial charge in [0.2, 0.25) is 0 Å². The van der Waals surface area contributed by atoms with E-state index in [9.17, 15) is 8.42 Å². The molecule has 0 fully saturated rings. The van der Waals surface area contributed by atoms with Gasteiger partial charge in [-0.15, -0.1) is 10.2 Å². The van der Waals surface area contributed by atoms with Crippen molar-refractivity contribution in [3.63, 3.8) is 0 Å². The lowest BCUT2D eigenvalue weighted by Gasteiger charge is -2.07. The molecule has 8 heteroatoms. The molecule has 0 bridgehead atoms. The number of rotatable bonds is 7. The van der Waals surface area contributed by atoms with Crippen molar-refractivity contribution >= 4 is 21.9 Å². The third-order valence-electron chi connectivity index (χ3n) is 3.40. The van der Waals surface area contributed by atoms with Crippen LogP contribution in [0.2, 0.25) is 0 Å². The number of thioether (sulfide) groups is 1. The van der Waals surface area contributed by atoms with Crippen molar-refractivity contribution in [2.45, 2.75) is 5.16 Å². The maximum atomic E-state index is 12.0. The fraction of sp³-hybridized carbons (Fsp3) is 0.176. The summed E-state index contributed by atoms with van der Waals surface area (Å²) in [6.07, 6.45) is 0. The topological polar surface area (TPSA) is 74.1 Å². The first kappa shape index (κ1) is 17.5. The van der Waals surface area contributed by atoms with Crippen LogP contribution in [0.4, 0.5) is 0 Å². The Morgan fingerprint density at radius 3 is 2.32 bits per heavy atom. The van der Waals surface area contributed by atoms with Crippen molar-refractivity contribution < 1.29 is 12.6 Å². The molecule has 0 radical (unpaired) electrons. The molecule has 3 rings (SSSR count). The Bertz CT molecular complexity index is 926. The van der Waals surface area contributed by atoms with E-state index in [2.05, 4.69) is 10.2 Å². The van der Waals surface area contributed by atoms with Crippen LogP contribution >= 0.6 is 11.8 Å². The normalized spacial score (nSPS) is 11.4. The first-order chi connectivity index (χ1) is 12.1. The Hall–Kier alpha value is -2.32. The summed E-state index contributed by atoms with van der Waals surface area (Å²) >= 11 is 1.33. The van der Waals surface area contributed by atoms with Crippen LogP contribution < -0.4 is 4.18 Å². The Labute approximate surface area is 151 Å². The number of aromatic nitrogens is 3. The quantitative estimate of drug-likeness (QED) is 0.467. The number of benzene rings is 2. The molecule has 0 spiro atoms. The molecule has 0 aliphatic heterocycles. The Kier molecular flexibility index (Phi) is 5.40. The van der Waals surface area contributed by atoms with Gasteiger partial charge in [0, 0.05) is 18.4 Å². The van der Waals surface area contributed by atoms with E-state index in [4.69, 9.17) is 4.18 Å². The highest BCUT2D eigenvalue weighted by Gasteiger charge is 2.15. The van der Waals surface area contributed by atoms with Gasteiger partial charge in [0.25, 0.3) is 0 Å². The molecule has 1 aromatic heterocycles. The summed E-state index contributed by atoms with van der Waals surface area (Å²) in [6, 6.07) is 18.2. The number of nitrogens with zero attached hydrogens (tertiary/aromatic N) is 3. The number of hydrogen-bond donors (Lipinski definition) is 0. The molecule has 0 N–H and O–H groups in total. The second-order valence-electron chi connectivity index (χ2n) is 5.24. The van der Waals surface area contributed by atoms with Crippen LogP contribution in [0.1, 0.15) is 0 Å². The zero-order valence-corrected chi connectivity index (χ0v) is 15.2. The van der Waals surface area contributed by atoms with E-state index in [1.165, 1.54) is 11.8 Å². The predicted molar refractivity (Wildman–Crippen MR) is 98.0 cm³/mol. The van der Waals surface area contributed by atoms with Crippen molar-refractivity contribution in [2.24, 2.45) is 7.05 Å². The lowest BCUT2D eigenvalue weighted by atomic mass is 10.2. The Balaban J connectivity index is 1.60. The molecule has 0 saturated heterocycles. The van der Waals surface area contributed by atoms with Gasteiger partial charge in [0.1, 0.15) is 5.75 Å². The molecule has 0 unspecified atom stereocenters. The molecule has 0 aliphatic carbocycles. The van der Waals surface area contributed by atoms with Crippen LogP contribution in [0.25, 0.3) is 11.4 Å². The largest absolute Gasteiger partial charge is 0.382 e. The van der Waals surface area contributed by atoms with Gasteiger partial charge in [-0.2, -0.15) is 8.42 Å². The predicted octanol–water partition coefficient (Wildman–Crippen LogP) is 2.98. The minimum Gasteiger partial charge on any atom is -0.382 e. The van der Waals surface area contributed by atoms with E-state index in [1.54, 1.807) is 30.3 Å². The van der Waals surface area contributed by atoms with Crippen LogP contribution in [0.5, 0.6) is 5.75 Å². The summed E-state index contributed by atoms with van der Waals surface area (Å²) < 4.78 is 31.0. The Morgan fingerprint density at radius 1 is 1.00 bits per heavy atom. The average molecular weight is 375 g/mol. The minimum atomic E-state index is -3.64. The maximum Gasteiger partial charge on any atom is 0.310 e. The van der Waals surface area contributed by atoms with Gasteiger partial charge in [-0.25, -0.2) is 0 Å². The van der Waals surface area contributed by atoms with Gasteiger partial charge in [-0.1, -0.05) is 60.3 Å². The summed E-state index contributed by atoms with van der Waals surface area (Å²) in [4.78, 5) is 0. The minimum absolute atomic E-state index is 0.111. The Morgan fingerprint density at radius 2 is 1.64 bits per heavy atom. The van der Waals surface area contributed by atoms with Gasteiger partial charge < -0.3 is 8.75 Å². The monoisotopic (exact) mass is 375 g/mol. The molecule has 2 aromatic carbocycles. The third kappa shape index (κ3) is 4.61. The van der Waals surface area contributed by atoms with Crippen molar-refractivity contribution in [1.82, 2.24) is 14.8 Å². The summed E-state index contributed by atoms with van der Waals surface area (Å²) in [7, 11) is -1.78. The fourth-order valence-electron chi connectivity index (χ4n) is 2.18.